The van der Waals surface area contributed by atoms with Crippen LogP contribution in [0.2, 0.25) is 0 Å². The molecule has 0 aliphatic heterocycles. The first-order valence-electron chi connectivity index (χ1n) is 6.99. The summed E-state index contributed by atoms with van der Waals surface area (Å²) in [4.78, 5) is 39.9. The van der Waals surface area contributed by atoms with Gasteiger partial charge in [-0.3, -0.25) is 40.5 Å². The van der Waals surface area contributed by atoms with E-state index in [1.807, 2.05) is 0 Å². The van der Waals surface area contributed by atoms with Crippen molar-refractivity contribution in [3.8, 4) is 0 Å². The molecule has 13 heteroatoms. The van der Waals surface area contributed by atoms with Gasteiger partial charge < -0.3 is 4.42 Å². The van der Waals surface area contributed by atoms with E-state index >= 15 is 0 Å². The number of nitrogens with zero attached hydrogens (tertiary/aromatic N) is 4. The quantitative estimate of drug-likeness (QED) is 0.330. The van der Waals surface area contributed by atoms with Gasteiger partial charge in [-0.2, -0.15) is 0 Å². The molecule has 1 aliphatic carbocycles. The highest BCUT2D eigenvalue weighted by atomic mass is 16.7. The van der Waals surface area contributed by atoms with Crippen molar-refractivity contribution >= 4 is 11.0 Å². The van der Waals surface area contributed by atoms with Crippen LogP contribution in [-0.4, -0.2) is 25.5 Å². The number of nitro groups is 4. The maximum atomic E-state index is 11.4. The zero-order chi connectivity index (χ0) is 19.2. The molecule has 13 nitrogen and oxygen atoms in total. The van der Waals surface area contributed by atoms with E-state index in [2.05, 4.69) is 0 Å². The summed E-state index contributed by atoms with van der Waals surface area (Å²) in [6.45, 7) is 0. The van der Waals surface area contributed by atoms with Crippen molar-refractivity contribution < 1.29 is 24.1 Å². The van der Waals surface area contributed by atoms with Crippen molar-refractivity contribution in [2.75, 3.05) is 0 Å². The van der Waals surface area contributed by atoms with E-state index in [-0.39, 0.29) is 16.5 Å². The zero-order valence-electron chi connectivity index (χ0n) is 12.6. The molecule has 1 aromatic carbocycles. The predicted octanol–water partition coefficient (Wildman–Crippen LogP) is 1.89. The Bertz CT molecular complexity index is 959. The monoisotopic (exact) mass is 364 g/mol. The van der Waals surface area contributed by atoms with Crippen LogP contribution in [0.15, 0.2) is 40.8 Å². The summed E-state index contributed by atoms with van der Waals surface area (Å²) in [6, 6.07) is 4.18. The predicted molar refractivity (Wildman–Crippen MR) is 81.5 cm³/mol. The van der Waals surface area contributed by atoms with Crippen molar-refractivity contribution in [1.82, 2.24) is 0 Å². The van der Waals surface area contributed by atoms with E-state index in [0.717, 1.165) is 12.2 Å². The van der Waals surface area contributed by atoms with Crippen molar-refractivity contribution in [2.45, 2.75) is 17.7 Å². The molecule has 0 bridgehead atoms. The first kappa shape index (κ1) is 16.9. The minimum atomic E-state index is -3.85. The van der Waals surface area contributed by atoms with Gasteiger partial charge in [-0.1, -0.05) is 24.3 Å². The van der Waals surface area contributed by atoms with Gasteiger partial charge in [0.05, 0.1) is 0 Å². The smallest absolute Gasteiger partial charge is 0.453 e. The van der Waals surface area contributed by atoms with E-state index in [9.17, 15) is 40.5 Å². The Kier molecular flexibility index (Phi) is 3.63. The minimum absolute atomic E-state index is 0.0713. The number of hydrogen-bond donors (Lipinski definition) is 0. The molecule has 1 aliphatic rings. The highest BCUT2D eigenvalue weighted by Crippen LogP contribution is 2.46. The Hall–Kier alpha value is -3.90. The van der Waals surface area contributed by atoms with Gasteiger partial charge in [0.25, 0.3) is 6.04 Å². The number of benzene rings is 1. The van der Waals surface area contributed by atoms with Gasteiger partial charge in [0.1, 0.15) is 5.58 Å². The Morgan fingerprint density at radius 3 is 2.00 bits per heavy atom. The third-order valence-corrected chi connectivity index (χ3v) is 4.18. The summed E-state index contributed by atoms with van der Waals surface area (Å²) in [5, 5.41) is 45.6. The molecule has 0 spiro atoms. The maximum absolute atomic E-state index is 11.4. The van der Waals surface area contributed by atoms with Crippen LogP contribution in [0, 0.1) is 40.5 Å². The van der Waals surface area contributed by atoms with Crippen molar-refractivity contribution in [1.29, 1.82) is 0 Å². The lowest BCUT2D eigenvalue weighted by molar-refractivity contribution is -0.972. The molecule has 0 amide bonds. The second-order valence-electron chi connectivity index (χ2n) is 5.43. The number of rotatable bonds is 5. The van der Waals surface area contributed by atoms with E-state index in [1.54, 1.807) is 0 Å². The Morgan fingerprint density at radius 1 is 0.885 bits per heavy atom. The van der Waals surface area contributed by atoms with Crippen molar-refractivity contribution in [3.63, 3.8) is 0 Å². The highest BCUT2D eigenvalue weighted by molar-refractivity contribution is 5.84. The highest BCUT2D eigenvalue weighted by Gasteiger charge is 2.77. The van der Waals surface area contributed by atoms with Gasteiger partial charge in [-0.25, -0.2) is 0 Å². The van der Waals surface area contributed by atoms with Crippen LogP contribution >= 0.6 is 0 Å². The number of furan rings is 1. The third kappa shape index (κ3) is 2.03. The van der Waals surface area contributed by atoms with Gasteiger partial charge in [0.15, 0.2) is 20.5 Å². The van der Waals surface area contributed by atoms with Crippen molar-refractivity contribution in [3.05, 3.63) is 88.2 Å². The van der Waals surface area contributed by atoms with Crippen LogP contribution in [0.3, 0.4) is 0 Å². The van der Waals surface area contributed by atoms with Crippen LogP contribution < -0.4 is 0 Å². The van der Waals surface area contributed by atoms with Crippen LogP contribution in [0.5, 0.6) is 0 Å². The second kappa shape index (κ2) is 5.58. The van der Waals surface area contributed by atoms with E-state index in [1.165, 1.54) is 24.3 Å². The molecule has 26 heavy (non-hydrogen) atoms. The summed E-state index contributed by atoms with van der Waals surface area (Å²) in [5.41, 5.74) is -0.239. The zero-order valence-corrected chi connectivity index (χ0v) is 12.6. The van der Waals surface area contributed by atoms with Crippen LogP contribution in [0.4, 0.5) is 0 Å². The van der Waals surface area contributed by atoms with Gasteiger partial charge in [-0.05, 0) is 12.1 Å². The molecule has 0 fully saturated rings. The SMILES string of the molecule is O=[N+]([O-])[C@H]1C=C[C@H](C([N+](=O)[O-])([N+](=O)[O-])[N+](=O)[O-])c2c1oc1ccccc21. The third-order valence-electron chi connectivity index (χ3n) is 4.18. The minimum Gasteiger partial charge on any atom is -0.453 e. The lowest BCUT2D eigenvalue weighted by Gasteiger charge is -2.19. The number of fused-ring (bicyclic) bond motifs is 3. The first-order valence-corrected chi connectivity index (χ1v) is 6.99. The topological polar surface area (TPSA) is 186 Å². The van der Waals surface area contributed by atoms with Crippen LogP contribution in [0.1, 0.15) is 23.3 Å². The molecule has 0 unspecified atom stereocenters. The van der Waals surface area contributed by atoms with E-state index in [4.69, 9.17) is 4.42 Å². The van der Waals surface area contributed by atoms with Crippen LogP contribution in [0.25, 0.3) is 11.0 Å². The van der Waals surface area contributed by atoms with Gasteiger partial charge in [-0.15, -0.1) is 0 Å². The van der Waals surface area contributed by atoms with E-state index < -0.39 is 43.2 Å². The molecule has 0 saturated carbocycles. The lowest BCUT2D eigenvalue weighted by Crippen LogP contribution is -2.57. The fourth-order valence-corrected chi connectivity index (χ4v) is 3.05. The van der Waals surface area contributed by atoms with Crippen molar-refractivity contribution in [2.24, 2.45) is 0 Å². The average molecular weight is 364 g/mol. The number of para-hydroxylation sites is 1. The Labute approximate surface area is 142 Å². The molecular weight excluding hydrogens is 356 g/mol. The van der Waals surface area contributed by atoms with E-state index in [0.29, 0.717) is 0 Å². The van der Waals surface area contributed by atoms with Crippen LogP contribution in [-0.2, 0) is 0 Å². The molecule has 0 N–H and O–H groups in total. The molecule has 3 rings (SSSR count). The summed E-state index contributed by atoms with van der Waals surface area (Å²) in [7, 11) is 0. The lowest BCUT2D eigenvalue weighted by atomic mass is 9.84. The van der Waals surface area contributed by atoms with Gasteiger partial charge in [0.2, 0.25) is 5.92 Å². The molecule has 2 aromatic rings. The fraction of sp³-hybridized carbons (Fsp3) is 0.231. The standard InChI is InChI=1S/C13H8N4O9/c18-14(19)9-6-5-8(13(15(20)21,16(22)23)17(24)25)11-7-3-1-2-4-10(7)26-12(9)11/h1-6,8-9H/t8-,9-/m0/s1. The largest absolute Gasteiger partial charge is 0.710 e. The molecule has 2 atom stereocenters. The first-order chi connectivity index (χ1) is 12.2. The molecule has 134 valence electrons. The normalized spacial score (nSPS) is 19.1. The average Bonchev–Trinajstić information content (AvgIpc) is 2.93. The molecule has 1 aromatic heterocycles. The summed E-state index contributed by atoms with van der Waals surface area (Å²) < 4.78 is 5.37. The molecule has 1 heterocycles. The number of hydrogen-bond acceptors (Lipinski definition) is 9. The Morgan fingerprint density at radius 2 is 1.46 bits per heavy atom. The summed E-state index contributed by atoms with van der Waals surface area (Å²) in [5.74, 6) is -6.25. The molecular formula is C13H8N4O9. The molecule has 0 saturated heterocycles. The summed E-state index contributed by atoms with van der Waals surface area (Å²) in [6.07, 6.45) is 1.58. The Balaban J connectivity index is 2.40. The molecule has 0 radical (unpaired) electrons. The fourth-order valence-electron chi connectivity index (χ4n) is 3.05. The second-order valence-corrected chi connectivity index (χ2v) is 5.43. The van der Waals surface area contributed by atoms with Gasteiger partial charge >= 0.3 is 5.79 Å². The maximum Gasteiger partial charge on any atom is 0.710 e. The van der Waals surface area contributed by atoms with Gasteiger partial charge in [0, 0.05) is 15.9 Å². The summed E-state index contributed by atoms with van der Waals surface area (Å²) >= 11 is 0.